The first-order valence-corrected chi connectivity index (χ1v) is 19.5. The Bertz CT molecular complexity index is 1660. The molecule has 2 aromatic carbocycles. The van der Waals surface area contributed by atoms with Crippen molar-refractivity contribution >= 4 is 61.6 Å². The molecule has 1 aromatic heterocycles. The first-order valence-electron chi connectivity index (χ1n) is 18.0. The van der Waals surface area contributed by atoms with Gasteiger partial charge in [0.15, 0.2) is 0 Å². The first-order chi connectivity index (χ1) is 24.0. The minimum absolute atomic E-state index is 0. The topological polar surface area (TPSA) is 84.4 Å². The molecular formula is C40H54Br2ClN6O2+. The fourth-order valence-corrected chi connectivity index (χ4v) is 8.42. The van der Waals surface area contributed by atoms with E-state index < -0.39 is 0 Å². The van der Waals surface area contributed by atoms with E-state index in [-0.39, 0.29) is 23.9 Å². The second-order valence-corrected chi connectivity index (χ2v) is 15.9. The van der Waals surface area contributed by atoms with Gasteiger partial charge in [-0.2, -0.15) is 0 Å². The van der Waals surface area contributed by atoms with Crippen LogP contribution in [-0.2, 0) is 0 Å². The zero-order valence-corrected chi connectivity index (χ0v) is 34.7. The monoisotopic (exact) mass is 843 g/mol. The van der Waals surface area contributed by atoms with E-state index in [0.29, 0.717) is 23.1 Å². The number of carbonyl (C=O) groups excluding carboxylic acids is 1. The van der Waals surface area contributed by atoms with E-state index in [9.17, 15) is 10.0 Å². The molecule has 11 heteroatoms. The lowest BCUT2D eigenvalue weighted by molar-refractivity contribution is -0.908. The van der Waals surface area contributed by atoms with Gasteiger partial charge in [-0.25, -0.2) is 0 Å². The van der Waals surface area contributed by atoms with Gasteiger partial charge in [0.25, 0.3) is 5.91 Å². The third kappa shape index (κ3) is 10.1. The summed E-state index contributed by atoms with van der Waals surface area (Å²) in [6.07, 6.45) is 8.14. The predicted octanol–water partition coefficient (Wildman–Crippen LogP) is 7.71. The molecule has 2 N–H and O–H groups in total. The third-order valence-electron chi connectivity index (χ3n) is 11.0. The van der Waals surface area contributed by atoms with Gasteiger partial charge in [-0.1, -0.05) is 56.1 Å². The molecule has 0 radical (unpaired) electrons. The molecular weight excluding hydrogens is 792 g/mol. The summed E-state index contributed by atoms with van der Waals surface area (Å²) in [7, 11) is 3.81. The Morgan fingerprint density at radius 1 is 0.804 bits per heavy atom. The van der Waals surface area contributed by atoms with Gasteiger partial charge in [-0.05, 0) is 120 Å². The van der Waals surface area contributed by atoms with Crippen molar-refractivity contribution in [2.75, 3.05) is 53.4 Å². The second kappa shape index (κ2) is 18.9. The number of aromatic nitrogens is 1. The fourth-order valence-electron chi connectivity index (χ4n) is 7.89. The van der Waals surface area contributed by atoms with Crippen LogP contribution in [0.25, 0.3) is 0 Å². The van der Waals surface area contributed by atoms with Crippen molar-refractivity contribution < 1.29 is 14.7 Å². The summed E-state index contributed by atoms with van der Waals surface area (Å²) >= 11 is 6.99. The number of carbonyl (C=O) groups is 1. The van der Waals surface area contributed by atoms with Crippen molar-refractivity contribution in [1.29, 1.82) is 0 Å². The molecule has 0 unspecified atom stereocenters. The Hall–Kier alpha value is -2.63. The Kier molecular flexibility index (Phi) is 15.3. The van der Waals surface area contributed by atoms with Crippen molar-refractivity contribution in [3.05, 3.63) is 97.7 Å². The maximum Gasteiger partial charge on any atom is 0.260 e. The second-order valence-electron chi connectivity index (χ2n) is 14.1. The smallest absolute Gasteiger partial charge is 0.260 e. The van der Waals surface area contributed by atoms with Crippen molar-refractivity contribution in [1.82, 2.24) is 15.1 Å². The summed E-state index contributed by atoms with van der Waals surface area (Å²) in [5.41, 5.74) is 7.19. The number of nitrogens with zero attached hydrogens (tertiary/aromatic N) is 5. The number of aliphatic imine (C=N–C) groups is 2. The Balaban J connectivity index is 0.000000288. The molecule has 3 aromatic rings. The number of rotatable bonds is 6. The summed E-state index contributed by atoms with van der Waals surface area (Å²) < 4.78 is 3.25. The van der Waals surface area contributed by atoms with E-state index in [0.717, 1.165) is 84.2 Å². The Labute approximate surface area is 327 Å². The Morgan fingerprint density at radius 2 is 1.27 bits per heavy atom. The van der Waals surface area contributed by atoms with Gasteiger partial charge < -0.3 is 10.2 Å². The molecule has 4 heterocycles. The number of pyridine rings is 1. The number of halogens is 3. The lowest BCUT2D eigenvalue weighted by atomic mass is 9.82. The third-order valence-corrected chi connectivity index (χ3v) is 12.1. The molecule has 1 amide bonds. The maximum absolute atomic E-state index is 13.3. The molecule has 0 aliphatic carbocycles. The fraction of sp³-hybridized carbons (Fsp3) is 0.500. The van der Waals surface area contributed by atoms with E-state index in [1.807, 2.05) is 25.9 Å². The highest BCUT2D eigenvalue weighted by Crippen LogP contribution is 2.34. The largest absolute Gasteiger partial charge is 0.338 e. The molecule has 0 bridgehead atoms. The van der Waals surface area contributed by atoms with Crippen LogP contribution in [0.3, 0.4) is 0 Å². The number of hydrogen-bond acceptors (Lipinski definition) is 6. The number of likely N-dealkylation sites (tertiary alicyclic amines) is 2. The lowest BCUT2D eigenvalue weighted by Crippen LogP contribution is -2.57. The summed E-state index contributed by atoms with van der Waals surface area (Å²) in [5, 5.41) is 13.4. The van der Waals surface area contributed by atoms with Crippen LogP contribution in [0.5, 0.6) is 0 Å². The number of benzene rings is 2. The van der Waals surface area contributed by atoms with E-state index in [1.165, 1.54) is 35.4 Å². The SMILES string of the molecule is CN=C(c1ccc(Br)cc1)C1CCN(C2(C)CCN(C(=O)c3c(C)cc[n+](O)c3C)CC2)CC1.CN=C(c1ccc(Br)cc1)C1CCNCC1.Cl. The molecule has 8 nitrogen and oxygen atoms in total. The molecule has 51 heavy (non-hydrogen) atoms. The quantitative estimate of drug-likeness (QED) is 0.152. The highest BCUT2D eigenvalue weighted by Gasteiger charge is 2.40. The number of amides is 1. The average Bonchev–Trinajstić information content (AvgIpc) is 3.13. The van der Waals surface area contributed by atoms with Crippen LogP contribution in [0.4, 0.5) is 0 Å². The van der Waals surface area contributed by atoms with Crippen LogP contribution in [0.2, 0.25) is 0 Å². The standard InChI is InChI=1S/C27H36BrN4O2.C13H17BrN2.ClH/c1-19-9-16-32(34)20(2)24(19)26(33)30-17-12-27(3,13-18-30)31-14-10-22(11-15-31)25(29-4)21-5-7-23(28)8-6-21;1-15-13(11-6-8-16-9-7-11)10-2-4-12(14)5-3-10;/h5-9,16,22,34H,10-15,17-18H2,1-4H3;2-5,11,16H,6-9H2,1H3;1H/q+1;;. The minimum Gasteiger partial charge on any atom is -0.338 e. The van der Waals surface area contributed by atoms with Gasteiger partial charge in [0, 0.05) is 82.6 Å². The molecule has 3 saturated heterocycles. The number of hydrogen-bond donors (Lipinski definition) is 2. The first kappa shape index (κ1) is 41.1. The molecule has 0 saturated carbocycles. The number of aryl methyl sites for hydroxylation is 1. The zero-order valence-electron chi connectivity index (χ0n) is 30.7. The van der Waals surface area contributed by atoms with Gasteiger partial charge in [-0.15, -0.1) is 12.4 Å². The van der Waals surface area contributed by atoms with Crippen LogP contribution >= 0.6 is 44.3 Å². The molecule has 6 rings (SSSR count). The van der Waals surface area contributed by atoms with Gasteiger partial charge >= 0.3 is 0 Å². The van der Waals surface area contributed by atoms with Crippen molar-refractivity contribution in [3.8, 4) is 0 Å². The maximum atomic E-state index is 13.3. The van der Waals surface area contributed by atoms with Gasteiger partial charge in [0.1, 0.15) is 5.56 Å². The van der Waals surface area contributed by atoms with E-state index in [2.05, 4.69) is 108 Å². The van der Waals surface area contributed by atoms with E-state index >= 15 is 0 Å². The predicted molar refractivity (Wildman–Crippen MR) is 217 cm³/mol. The van der Waals surface area contributed by atoms with Crippen molar-refractivity contribution in [2.24, 2.45) is 21.8 Å². The highest BCUT2D eigenvalue weighted by atomic mass is 79.9. The summed E-state index contributed by atoms with van der Waals surface area (Å²) in [6.45, 7) is 11.9. The molecule has 3 aliphatic heterocycles. The Morgan fingerprint density at radius 3 is 1.75 bits per heavy atom. The van der Waals surface area contributed by atoms with Crippen LogP contribution in [0.15, 0.2) is 79.7 Å². The molecule has 0 spiro atoms. The van der Waals surface area contributed by atoms with Crippen LogP contribution in [0, 0.1) is 25.7 Å². The number of nitrogens with one attached hydrogen (secondary N) is 1. The van der Waals surface area contributed by atoms with E-state index in [1.54, 1.807) is 19.2 Å². The normalized spacial score (nSPS) is 19.2. The van der Waals surface area contributed by atoms with E-state index in [4.69, 9.17) is 0 Å². The summed E-state index contributed by atoms with van der Waals surface area (Å²) in [4.78, 5) is 27.0. The van der Waals surface area contributed by atoms with Crippen LogP contribution in [-0.4, -0.2) is 91.2 Å². The summed E-state index contributed by atoms with van der Waals surface area (Å²) in [5.74, 6) is 1.13. The lowest BCUT2D eigenvalue weighted by Gasteiger charge is -2.49. The molecule has 3 fully saturated rings. The van der Waals surface area contributed by atoms with Crippen molar-refractivity contribution in [2.45, 2.75) is 64.8 Å². The van der Waals surface area contributed by atoms with Gasteiger partial charge in [-0.3, -0.25) is 24.9 Å². The minimum atomic E-state index is 0. The van der Waals surface area contributed by atoms with Crippen LogP contribution < -0.4 is 10.0 Å². The van der Waals surface area contributed by atoms with Crippen molar-refractivity contribution in [3.63, 3.8) is 0 Å². The molecule has 3 aliphatic rings. The number of piperidine rings is 3. The van der Waals surface area contributed by atoms with Gasteiger partial charge in [0.2, 0.25) is 11.9 Å². The molecule has 276 valence electrons. The average molecular weight is 846 g/mol. The summed E-state index contributed by atoms with van der Waals surface area (Å²) in [6, 6.07) is 18.7. The zero-order chi connectivity index (χ0) is 35.8. The molecule has 0 atom stereocenters. The van der Waals surface area contributed by atoms with Crippen LogP contribution in [0.1, 0.15) is 78.2 Å². The van der Waals surface area contributed by atoms with Gasteiger partial charge in [0.05, 0.1) is 0 Å². The highest BCUT2D eigenvalue weighted by molar-refractivity contribution is 9.10.